The Kier molecular flexibility index (Phi) is 3.70. The summed E-state index contributed by atoms with van der Waals surface area (Å²) in [6.07, 6.45) is 2.15. The molecule has 5 heteroatoms. The van der Waals surface area contributed by atoms with Gasteiger partial charge < -0.3 is 5.73 Å². The lowest BCUT2D eigenvalue weighted by atomic mass is 10.0. The average molecular weight is 207 g/mol. The van der Waals surface area contributed by atoms with Crippen molar-refractivity contribution in [3.63, 3.8) is 0 Å². The highest BCUT2D eigenvalue weighted by Gasteiger charge is 2.26. The number of rotatable bonds is 3. The summed E-state index contributed by atoms with van der Waals surface area (Å²) in [5.74, 6) is 0.702. The predicted molar refractivity (Wildman–Crippen MR) is 51.5 cm³/mol. The summed E-state index contributed by atoms with van der Waals surface area (Å²) < 4.78 is 24.9. The van der Waals surface area contributed by atoms with E-state index < -0.39 is 10.0 Å². The molecule has 1 saturated heterocycles. The summed E-state index contributed by atoms with van der Waals surface area (Å²) in [5, 5.41) is 0. The molecule has 4 nitrogen and oxygen atoms in total. The highest BCUT2D eigenvalue weighted by molar-refractivity contribution is 7.89. The average Bonchev–Trinajstić information content (AvgIpc) is 2.04. The van der Waals surface area contributed by atoms with Gasteiger partial charge in [-0.2, -0.15) is 0 Å². The van der Waals surface area contributed by atoms with E-state index >= 15 is 0 Å². The Bertz CT molecular complexity index is 251. The standard InChI is InChI=1S/C8H18N2O2S/c1-8-3-2-5-10(7-8)13(11,12)6-4-9/h8H,2-7,9H2,1H3/p+1/t8-/m1/s1. The van der Waals surface area contributed by atoms with Crippen molar-refractivity contribution in [1.29, 1.82) is 0 Å². The van der Waals surface area contributed by atoms with E-state index in [-0.39, 0.29) is 5.75 Å². The van der Waals surface area contributed by atoms with Crippen molar-refractivity contribution in [2.24, 2.45) is 5.92 Å². The molecule has 0 unspecified atom stereocenters. The molecule has 0 spiro atoms. The Hall–Kier alpha value is -0.130. The van der Waals surface area contributed by atoms with Crippen LogP contribution in [0.5, 0.6) is 0 Å². The van der Waals surface area contributed by atoms with Gasteiger partial charge >= 0.3 is 0 Å². The van der Waals surface area contributed by atoms with Crippen LogP contribution in [0.2, 0.25) is 0 Å². The molecular weight excluding hydrogens is 188 g/mol. The van der Waals surface area contributed by atoms with Gasteiger partial charge in [0.2, 0.25) is 10.0 Å². The van der Waals surface area contributed by atoms with E-state index in [1.54, 1.807) is 4.31 Å². The van der Waals surface area contributed by atoms with Crippen LogP contribution in [0.25, 0.3) is 0 Å². The maximum absolute atomic E-state index is 11.6. The topological polar surface area (TPSA) is 65.0 Å². The Morgan fingerprint density at radius 3 is 2.77 bits per heavy atom. The number of hydrogen-bond donors (Lipinski definition) is 1. The van der Waals surface area contributed by atoms with E-state index in [0.29, 0.717) is 25.6 Å². The minimum absolute atomic E-state index is 0.194. The monoisotopic (exact) mass is 207 g/mol. The molecule has 0 radical (unpaired) electrons. The SMILES string of the molecule is C[C@@H]1CCCN(S(=O)(=O)CC[NH3+])C1. The van der Waals surface area contributed by atoms with Crippen molar-refractivity contribution >= 4 is 10.0 Å². The molecule has 0 bridgehead atoms. The van der Waals surface area contributed by atoms with Gasteiger partial charge in [0.25, 0.3) is 0 Å². The molecule has 13 heavy (non-hydrogen) atoms. The van der Waals surface area contributed by atoms with Crippen molar-refractivity contribution in [1.82, 2.24) is 4.31 Å². The quantitative estimate of drug-likeness (QED) is 0.664. The van der Waals surface area contributed by atoms with Crippen molar-refractivity contribution in [3.05, 3.63) is 0 Å². The van der Waals surface area contributed by atoms with Gasteiger partial charge in [0, 0.05) is 13.1 Å². The van der Waals surface area contributed by atoms with Gasteiger partial charge in [-0.05, 0) is 18.8 Å². The lowest BCUT2D eigenvalue weighted by molar-refractivity contribution is -0.360. The summed E-state index contributed by atoms with van der Waals surface area (Å²) in [4.78, 5) is 0. The molecule has 0 aromatic heterocycles. The second-order valence-corrected chi connectivity index (χ2v) is 5.86. The van der Waals surface area contributed by atoms with Crippen LogP contribution in [-0.4, -0.2) is 38.1 Å². The molecule has 78 valence electrons. The molecule has 1 atom stereocenters. The van der Waals surface area contributed by atoms with Crippen LogP contribution in [-0.2, 0) is 10.0 Å². The Morgan fingerprint density at radius 2 is 2.23 bits per heavy atom. The molecule has 0 amide bonds. The summed E-state index contributed by atoms with van der Waals surface area (Å²) in [6.45, 7) is 3.97. The Morgan fingerprint density at radius 1 is 1.54 bits per heavy atom. The smallest absolute Gasteiger partial charge is 0.219 e. The van der Waals surface area contributed by atoms with Gasteiger partial charge in [0.1, 0.15) is 5.75 Å². The second-order valence-electron chi connectivity index (χ2n) is 3.77. The number of nitrogens with zero attached hydrogens (tertiary/aromatic N) is 1. The van der Waals surface area contributed by atoms with E-state index in [2.05, 4.69) is 12.7 Å². The lowest BCUT2D eigenvalue weighted by Gasteiger charge is -2.29. The zero-order chi connectivity index (χ0) is 9.90. The fourth-order valence-electron chi connectivity index (χ4n) is 1.71. The van der Waals surface area contributed by atoms with Crippen LogP contribution in [0.1, 0.15) is 19.8 Å². The highest BCUT2D eigenvalue weighted by Crippen LogP contribution is 2.18. The largest absolute Gasteiger partial charge is 0.357 e. The zero-order valence-electron chi connectivity index (χ0n) is 8.20. The number of piperidine rings is 1. The number of quaternary nitrogens is 1. The molecule has 3 N–H and O–H groups in total. The minimum atomic E-state index is -3.00. The van der Waals surface area contributed by atoms with Gasteiger partial charge in [0.05, 0.1) is 6.54 Å². The highest BCUT2D eigenvalue weighted by atomic mass is 32.2. The first-order valence-corrected chi connectivity index (χ1v) is 6.44. The van der Waals surface area contributed by atoms with Gasteiger partial charge in [-0.15, -0.1) is 0 Å². The second kappa shape index (κ2) is 4.39. The first-order chi connectivity index (χ1) is 6.06. The molecule has 0 aromatic rings. The van der Waals surface area contributed by atoms with E-state index in [1.807, 2.05) is 0 Å². The molecule has 0 aromatic carbocycles. The van der Waals surface area contributed by atoms with Crippen LogP contribution >= 0.6 is 0 Å². The van der Waals surface area contributed by atoms with Crippen molar-refractivity contribution in [2.75, 3.05) is 25.4 Å². The van der Waals surface area contributed by atoms with Crippen LogP contribution in [0, 0.1) is 5.92 Å². The molecule has 1 aliphatic rings. The maximum Gasteiger partial charge on any atom is 0.219 e. The normalized spacial score (nSPS) is 26.2. The molecule has 1 rings (SSSR count). The summed E-state index contributed by atoms with van der Waals surface area (Å²) >= 11 is 0. The van der Waals surface area contributed by atoms with Gasteiger partial charge in [-0.1, -0.05) is 6.92 Å². The Balaban J connectivity index is 2.60. The summed E-state index contributed by atoms with van der Waals surface area (Å²) in [6, 6.07) is 0. The molecule has 1 fully saturated rings. The van der Waals surface area contributed by atoms with Crippen LogP contribution < -0.4 is 5.73 Å². The maximum atomic E-state index is 11.6. The minimum Gasteiger partial charge on any atom is -0.357 e. The molecule has 1 heterocycles. The van der Waals surface area contributed by atoms with Gasteiger partial charge in [-0.3, -0.25) is 0 Å². The third-order valence-corrected chi connectivity index (χ3v) is 4.34. The van der Waals surface area contributed by atoms with E-state index in [1.165, 1.54) is 0 Å². The third-order valence-electron chi connectivity index (χ3n) is 2.42. The molecule has 0 aliphatic carbocycles. The Labute approximate surface area is 80.1 Å². The van der Waals surface area contributed by atoms with Crippen molar-refractivity contribution in [2.45, 2.75) is 19.8 Å². The van der Waals surface area contributed by atoms with Crippen LogP contribution in [0.4, 0.5) is 0 Å². The fraction of sp³-hybridized carbons (Fsp3) is 1.00. The summed E-state index contributed by atoms with van der Waals surface area (Å²) in [5.41, 5.74) is 3.58. The summed E-state index contributed by atoms with van der Waals surface area (Å²) in [7, 11) is -3.00. The van der Waals surface area contributed by atoms with Crippen LogP contribution in [0.15, 0.2) is 0 Å². The molecule has 1 aliphatic heterocycles. The predicted octanol–water partition coefficient (Wildman–Crippen LogP) is -0.710. The van der Waals surface area contributed by atoms with Crippen molar-refractivity contribution < 1.29 is 14.2 Å². The van der Waals surface area contributed by atoms with E-state index in [0.717, 1.165) is 12.8 Å². The first-order valence-electron chi connectivity index (χ1n) is 4.83. The molecule has 0 saturated carbocycles. The fourth-order valence-corrected chi connectivity index (χ4v) is 3.22. The first kappa shape index (κ1) is 10.9. The third kappa shape index (κ3) is 2.93. The van der Waals surface area contributed by atoms with Crippen molar-refractivity contribution in [3.8, 4) is 0 Å². The van der Waals surface area contributed by atoms with E-state index in [9.17, 15) is 8.42 Å². The van der Waals surface area contributed by atoms with Crippen LogP contribution in [0.3, 0.4) is 0 Å². The van der Waals surface area contributed by atoms with Gasteiger partial charge in [0.15, 0.2) is 0 Å². The van der Waals surface area contributed by atoms with E-state index in [4.69, 9.17) is 0 Å². The zero-order valence-corrected chi connectivity index (χ0v) is 9.02. The van der Waals surface area contributed by atoms with Gasteiger partial charge in [-0.25, -0.2) is 12.7 Å². The molecular formula is C8H19N2O2S+. The number of hydrogen-bond acceptors (Lipinski definition) is 2. The number of sulfonamides is 1. The lowest BCUT2D eigenvalue weighted by Crippen LogP contribution is -2.55.